The van der Waals surface area contributed by atoms with Crippen LogP contribution in [0.25, 0.3) is 0 Å². The molecule has 1 aromatic carbocycles. The van der Waals surface area contributed by atoms with Crippen LogP contribution in [0, 0.1) is 6.92 Å². The molecule has 0 bridgehead atoms. The molecule has 0 radical (unpaired) electrons. The van der Waals surface area contributed by atoms with Crippen molar-refractivity contribution in [3.05, 3.63) is 40.5 Å². The van der Waals surface area contributed by atoms with Crippen molar-refractivity contribution in [3.63, 3.8) is 0 Å². The monoisotopic (exact) mass is 308 g/mol. The van der Waals surface area contributed by atoms with Crippen LogP contribution in [-0.4, -0.2) is 16.1 Å². The molecule has 0 atom stereocenters. The average molecular weight is 309 g/mol. The third-order valence-electron chi connectivity index (χ3n) is 2.80. The van der Waals surface area contributed by atoms with Gasteiger partial charge in [-0.15, -0.1) is 0 Å². The number of nitrogens with zero attached hydrogens (tertiary/aromatic N) is 2. The number of Topliss-reactive ketones (excluding diaryl/α,β-unsaturated/α-hetero) is 1. The summed E-state index contributed by atoms with van der Waals surface area (Å²) in [7, 11) is 0. The molecule has 0 saturated heterocycles. The van der Waals surface area contributed by atoms with Crippen LogP contribution in [0.15, 0.2) is 24.3 Å². The predicted octanol–water partition coefficient (Wildman–Crippen LogP) is 3.99. The number of ketones is 1. The van der Waals surface area contributed by atoms with Crippen LogP contribution < -0.4 is 4.90 Å². The number of carbonyl (C=O) groups excluding carboxylic acids is 2. The number of rotatable bonds is 3. The first kappa shape index (κ1) is 14.7. The van der Waals surface area contributed by atoms with Gasteiger partial charge in [0.2, 0.25) is 5.91 Å². The smallest absolute Gasteiger partial charge is 0.229 e. The van der Waals surface area contributed by atoms with E-state index >= 15 is 0 Å². The number of anilines is 2. The third kappa shape index (κ3) is 2.73. The molecule has 4 nitrogen and oxygen atoms in total. The number of halogens is 1. The topological polar surface area (TPSA) is 50.3 Å². The number of hydrogen-bond donors (Lipinski definition) is 0. The molecule has 0 aliphatic carbocycles. The lowest BCUT2D eigenvalue weighted by Crippen LogP contribution is -2.22. The first-order chi connectivity index (χ1) is 9.41. The highest BCUT2D eigenvalue weighted by Gasteiger charge is 2.21. The second-order valence-corrected chi connectivity index (χ2v) is 5.48. The SMILES string of the molecule is CC(=O)c1cccc(N(C(C)=O)c2snc(C)c2Cl)c1. The van der Waals surface area contributed by atoms with Crippen molar-refractivity contribution in [1.82, 2.24) is 4.37 Å². The first-order valence-corrected chi connectivity index (χ1v) is 7.10. The van der Waals surface area contributed by atoms with Gasteiger partial charge in [-0.1, -0.05) is 23.7 Å². The fraction of sp³-hybridized carbons (Fsp3) is 0.214. The fourth-order valence-electron chi connectivity index (χ4n) is 1.79. The predicted molar refractivity (Wildman–Crippen MR) is 81.1 cm³/mol. The Morgan fingerprint density at radius 1 is 1.30 bits per heavy atom. The molecule has 0 fully saturated rings. The summed E-state index contributed by atoms with van der Waals surface area (Å²) in [5.74, 6) is -0.238. The number of carbonyl (C=O) groups is 2. The minimum absolute atomic E-state index is 0.0538. The number of benzene rings is 1. The lowest BCUT2D eigenvalue weighted by Gasteiger charge is -2.20. The highest BCUT2D eigenvalue weighted by Crippen LogP contribution is 2.37. The molecule has 1 amide bonds. The van der Waals surface area contributed by atoms with E-state index < -0.39 is 0 Å². The van der Waals surface area contributed by atoms with E-state index in [1.54, 1.807) is 31.2 Å². The summed E-state index contributed by atoms with van der Waals surface area (Å²) >= 11 is 7.35. The molecule has 6 heteroatoms. The van der Waals surface area contributed by atoms with E-state index in [9.17, 15) is 9.59 Å². The average Bonchev–Trinajstić information content (AvgIpc) is 2.71. The van der Waals surface area contributed by atoms with Gasteiger partial charge in [0, 0.05) is 12.5 Å². The Balaban J connectivity index is 2.55. The van der Waals surface area contributed by atoms with Crippen LogP contribution in [0.4, 0.5) is 10.7 Å². The molecule has 1 aromatic heterocycles. The largest absolute Gasteiger partial charge is 0.295 e. The van der Waals surface area contributed by atoms with Crippen molar-refractivity contribution in [2.24, 2.45) is 0 Å². The Morgan fingerprint density at radius 2 is 2.00 bits per heavy atom. The Hall–Kier alpha value is -1.72. The molecular formula is C14H13ClN2O2S. The van der Waals surface area contributed by atoms with Crippen molar-refractivity contribution < 1.29 is 9.59 Å². The van der Waals surface area contributed by atoms with Gasteiger partial charge >= 0.3 is 0 Å². The molecule has 0 saturated carbocycles. The van der Waals surface area contributed by atoms with Crippen LogP contribution in [0.1, 0.15) is 29.9 Å². The summed E-state index contributed by atoms with van der Waals surface area (Å²) < 4.78 is 4.15. The molecule has 0 aliphatic heterocycles. The van der Waals surface area contributed by atoms with E-state index in [1.807, 2.05) is 0 Å². The van der Waals surface area contributed by atoms with Crippen LogP contribution >= 0.6 is 23.1 Å². The molecule has 2 aromatic rings. The van der Waals surface area contributed by atoms with Gasteiger partial charge < -0.3 is 0 Å². The summed E-state index contributed by atoms with van der Waals surface area (Å²) in [4.78, 5) is 24.9. The van der Waals surface area contributed by atoms with Gasteiger partial charge in [-0.05, 0) is 37.5 Å². The lowest BCUT2D eigenvalue weighted by molar-refractivity contribution is -0.115. The Bertz CT molecular complexity index is 682. The van der Waals surface area contributed by atoms with E-state index in [2.05, 4.69) is 4.37 Å². The summed E-state index contributed by atoms with van der Waals surface area (Å²) in [6, 6.07) is 6.89. The third-order valence-corrected chi connectivity index (χ3v) is 4.29. The minimum Gasteiger partial charge on any atom is -0.295 e. The lowest BCUT2D eigenvalue weighted by atomic mass is 10.1. The molecule has 0 spiro atoms. The first-order valence-electron chi connectivity index (χ1n) is 5.95. The van der Waals surface area contributed by atoms with Gasteiger partial charge in [-0.2, -0.15) is 4.37 Å². The zero-order chi connectivity index (χ0) is 14.9. The maximum absolute atomic E-state index is 11.9. The van der Waals surface area contributed by atoms with Gasteiger partial charge in [-0.25, -0.2) is 0 Å². The normalized spacial score (nSPS) is 10.4. The zero-order valence-corrected chi connectivity index (χ0v) is 12.9. The van der Waals surface area contributed by atoms with E-state index in [1.165, 1.54) is 18.7 Å². The van der Waals surface area contributed by atoms with E-state index in [4.69, 9.17) is 11.6 Å². The Labute approximate surface area is 126 Å². The molecule has 20 heavy (non-hydrogen) atoms. The molecular weight excluding hydrogens is 296 g/mol. The minimum atomic E-state index is -0.184. The van der Waals surface area contributed by atoms with E-state index in [0.29, 0.717) is 27.0 Å². The van der Waals surface area contributed by atoms with Crippen LogP contribution in [0.2, 0.25) is 5.02 Å². The molecule has 2 rings (SSSR count). The Morgan fingerprint density at radius 3 is 2.50 bits per heavy atom. The second-order valence-electron chi connectivity index (χ2n) is 4.35. The molecule has 104 valence electrons. The van der Waals surface area contributed by atoms with Gasteiger partial charge in [0.1, 0.15) is 5.00 Å². The summed E-state index contributed by atoms with van der Waals surface area (Å²) in [5.41, 5.74) is 1.84. The Kier molecular flexibility index (Phi) is 4.20. The summed E-state index contributed by atoms with van der Waals surface area (Å²) in [5, 5.41) is 1.02. The maximum atomic E-state index is 11.9. The zero-order valence-electron chi connectivity index (χ0n) is 11.3. The second kappa shape index (κ2) is 5.73. The molecule has 0 unspecified atom stereocenters. The van der Waals surface area contributed by atoms with Gasteiger partial charge in [0.05, 0.1) is 16.4 Å². The van der Waals surface area contributed by atoms with Crippen LogP contribution in [0.3, 0.4) is 0 Å². The van der Waals surface area contributed by atoms with E-state index in [-0.39, 0.29) is 11.7 Å². The maximum Gasteiger partial charge on any atom is 0.229 e. The molecule has 0 aliphatic rings. The standard InChI is InChI=1S/C14H13ClN2O2S/c1-8-13(15)14(20-16-8)17(10(3)19)12-6-4-5-11(7-12)9(2)18/h4-7H,1-3H3. The summed E-state index contributed by atoms with van der Waals surface area (Å²) in [6.07, 6.45) is 0. The van der Waals surface area contributed by atoms with Gasteiger partial charge in [0.25, 0.3) is 0 Å². The van der Waals surface area contributed by atoms with Crippen LogP contribution in [-0.2, 0) is 4.79 Å². The van der Waals surface area contributed by atoms with Crippen molar-refractivity contribution >= 4 is 45.5 Å². The van der Waals surface area contributed by atoms with E-state index in [0.717, 1.165) is 11.5 Å². The summed E-state index contributed by atoms with van der Waals surface area (Å²) in [6.45, 7) is 4.72. The molecule has 1 heterocycles. The van der Waals surface area contributed by atoms with Crippen LogP contribution in [0.5, 0.6) is 0 Å². The van der Waals surface area contributed by atoms with Crippen molar-refractivity contribution in [2.75, 3.05) is 4.90 Å². The number of aromatic nitrogens is 1. The van der Waals surface area contributed by atoms with Crippen molar-refractivity contribution in [3.8, 4) is 0 Å². The number of aryl methyl sites for hydroxylation is 1. The number of amides is 1. The van der Waals surface area contributed by atoms with Crippen molar-refractivity contribution in [1.29, 1.82) is 0 Å². The van der Waals surface area contributed by atoms with Gasteiger partial charge in [-0.3, -0.25) is 14.5 Å². The number of hydrogen-bond acceptors (Lipinski definition) is 4. The van der Waals surface area contributed by atoms with Crippen molar-refractivity contribution in [2.45, 2.75) is 20.8 Å². The fourth-order valence-corrected chi connectivity index (χ4v) is 2.93. The quantitative estimate of drug-likeness (QED) is 0.805. The highest BCUT2D eigenvalue weighted by molar-refractivity contribution is 7.11. The highest BCUT2D eigenvalue weighted by atomic mass is 35.5. The van der Waals surface area contributed by atoms with Gasteiger partial charge in [0.15, 0.2) is 5.78 Å². The molecule has 0 N–H and O–H groups in total.